The Morgan fingerprint density at radius 2 is 1.38 bits per heavy atom. The molecule has 9 heteroatoms. The molecule has 4 rings (SSSR count). The Balaban J connectivity index is 1.59. The van der Waals surface area contributed by atoms with E-state index in [0.717, 1.165) is 11.1 Å². The fourth-order valence-corrected chi connectivity index (χ4v) is 5.64. The monoisotopic (exact) mass is 587 g/mol. The second-order valence-corrected chi connectivity index (χ2v) is 11.6. The van der Waals surface area contributed by atoms with Crippen molar-refractivity contribution in [2.45, 2.75) is 43.8 Å². The maximum Gasteiger partial charge on any atom is 0.247 e. The summed E-state index contributed by atoms with van der Waals surface area (Å²) in [5.41, 5.74) is 3.04. The number of amides is 2. The third-order valence-corrected chi connectivity index (χ3v) is 8.33. The molecular weight excluding hydrogens is 553 g/mol. The minimum absolute atomic E-state index is 0.0792. The van der Waals surface area contributed by atoms with Gasteiger partial charge in [-0.25, -0.2) is 17.5 Å². The number of benzene rings is 4. The standard InChI is InChI=1S/C33H34FN3O4S/c1-2-36-42(40,41)30-20-15-25(16-21-30)17-22-31(38)37(24-27-13-18-29(34)19-14-27)32(28-11-7-4-8-12-28)33(39)35-23-26-9-5-3-6-10-26/h3-16,18-21,32,36H,2,17,22-24H2,1H3,(H,35,39)/t32-/m0/s1. The lowest BCUT2D eigenvalue weighted by molar-refractivity contribution is -0.141. The van der Waals surface area contributed by atoms with Gasteiger partial charge in [-0.1, -0.05) is 91.9 Å². The fourth-order valence-electron chi connectivity index (χ4n) is 4.60. The second kappa shape index (κ2) is 14.5. The third kappa shape index (κ3) is 8.34. The lowest BCUT2D eigenvalue weighted by Gasteiger charge is -2.32. The van der Waals surface area contributed by atoms with Crippen molar-refractivity contribution in [1.29, 1.82) is 0 Å². The van der Waals surface area contributed by atoms with Gasteiger partial charge in [-0.05, 0) is 52.9 Å². The van der Waals surface area contributed by atoms with Crippen molar-refractivity contribution in [3.8, 4) is 0 Å². The van der Waals surface area contributed by atoms with E-state index in [4.69, 9.17) is 0 Å². The number of nitrogens with zero attached hydrogens (tertiary/aromatic N) is 1. The van der Waals surface area contributed by atoms with E-state index in [-0.39, 0.29) is 36.2 Å². The third-order valence-electron chi connectivity index (χ3n) is 6.77. The van der Waals surface area contributed by atoms with Gasteiger partial charge in [-0.2, -0.15) is 0 Å². The Labute approximate surface area is 246 Å². The molecule has 0 aliphatic heterocycles. The number of rotatable bonds is 13. The molecular formula is C33H34FN3O4S. The predicted molar refractivity (Wildman–Crippen MR) is 160 cm³/mol. The molecule has 2 amide bonds. The average molecular weight is 588 g/mol. The molecule has 4 aromatic carbocycles. The van der Waals surface area contributed by atoms with Gasteiger partial charge in [0.2, 0.25) is 21.8 Å². The maximum atomic E-state index is 13.9. The van der Waals surface area contributed by atoms with Crippen LogP contribution in [0.2, 0.25) is 0 Å². The van der Waals surface area contributed by atoms with Crippen molar-refractivity contribution in [1.82, 2.24) is 14.9 Å². The zero-order valence-electron chi connectivity index (χ0n) is 23.4. The van der Waals surface area contributed by atoms with Gasteiger partial charge >= 0.3 is 0 Å². The van der Waals surface area contributed by atoms with Gasteiger partial charge in [-0.3, -0.25) is 9.59 Å². The molecule has 42 heavy (non-hydrogen) atoms. The summed E-state index contributed by atoms with van der Waals surface area (Å²) in [7, 11) is -3.58. The number of hydrogen-bond donors (Lipinski definition) is 2. The molecule has 0 aliphatic rings. The molecule has 7 nitrogen and oxygen atoms in total. The molecule has 0 bridgehead atoms. The van der Waals surface area contributed by atoms with E-state index in [0.29, 0.717) is 24.1 Å². The van der Waals surface area contributed by atoms with Crippen molar-refractivity contribution in [3.05, 3.63) is 137 Å². The number of carbonyl (C=O) groups is 2. The van der Waals surface area contributed by atoms with E-state index in [1.165, 1.54) is 29.2 Å². The summed E-state index contributed by atoms with van der Waals surface area (Å²) < 4.78 is 40.7. The van der Waals surface area contributed by atoms with Crippen molar-refractivity contribution in [2.24, 2.45) is 0 Å². The van der Waals surface area contributed by atoms with E-state index in [1.54, 1.807) is 43.3 Å². The predicted octanol–water partition coefficient (Wildman–Crippen LogP) is 5.14. The maximum absolute atomic E-state index is 13.9. The molecule has 0 aromatic heterocycles. The average Bonchev–Trinajstić information content (AvgIpc) is 3.01. The number of carbonyl (C=O) groups excluding carboxylic acids is 2. The first-order chi connectivity index (χ1) is 20.3. The first-order valence-corrected chi connectivity index (χ1v) is 15.2. The van der Waals surface area contributed by atoms with Gasteiger partial charge in [0.25, 0.3) is 0 Å². The summed E-state index contributed by atoms with van der Waals surface area (Å²) in [5, 5.41) is 2.98. The lowest BCUT2D eigenvalue weighted by atomic mass is 10.0. The summed E-state index contributed by atoms with van der Waals surface area (Å²) in [5.74, 6) is -0.998. The van der Waals surface area contributed by atoms with E-state index in [9.17, 15) is 22.4 Å². The van der Waals surface area contributed by atoms with E-state index in [2.05, 4.69) is 10.0 Å². The molecule has 0 spiro atoms. The lowest BCUT2D eigenvalue weighted by Crippen LogP contribution is -2.43. The van der Waals surface area contributed by atoms with Crippen LogP contribution in [0.4, 0.5) is 4.39 Å². The van der Waals surface area contributed by atoms with Crippen LogP contribution in [-0.4, -0.2) is 31.7 Å². The molecule has 0 saturated carbocycles. The largest absolute Gasteiger partial charge is 0.350 e. The minimum atomic E-state index is -3.58. The highest BCUT2D eigenvalue weighted by Crippen LogP contribution is 2.26. The number of aryl methyl sites for hydroxylation is 1. The molecule has 2 N–H and O–H groups in total. The smallest absolute Gasteiger partial charge is 0.247 e. The van der Waals surface area contributed by atoms with Crippen LogP contribution in [0.1, 0.15) is 41.6 Å². The van der Waals surface area contributed by atoms with Crippen LogP contribution >= 0.6 is 0 Å². The molecule has 1 atom stereocenters. The Morgan fingerprint density at radius 3 is 2.00 bits per heavy atom. The van der Waals surface area contributed by atoms with Gasteiger partial charge in [0.15, 0.2) is 0 Å². The Kier molecular flexibility index (Phi) is 10.6. The zero-order chi connectivity index (χ0) is 30.0. The molecule has 0 aliphatic carbocycles. The fraction of sp³-hybridized carbons (Fsp3) is 0.212. The van der Waals surface area contributed by atoms with Gasteiger partial charge < -0.3 is 10.2 Å². The van der Waals surface area contributed by atoms with Crippen molar-refractivity contribution in [3.63, 3.8) is 0 Å². The zero-order valence-corrected chi connectivity index (χ0v) is 24.2. The highest BCUT2D eigenvalue weighted by atomic mass is 32.2. The number of sulfonamides is 1. The molecule has 0 fully saturated rings. The van der Waals surface area contributed by atoms with E-state index < -0.39 is 21.9 Å². The number of nitrogens with one attached hydrogen (secondary N) is 2. The van der Waals surface area contributed by atoms with Crippen LogP contribution in [0.3, 0.4) is 0 Å². The summed E-state index contributed by atoms with van der Waals surface area (Å²) in [6, 6.07) is 29.9. The molecule has 0 radical (unpaired) electrons. The Morgan fingerprint density at radius 1 is 0.786 bits per heavy atom. The highest BCUT2D eigenvalue weighted by Gasteiger charge is 2.31. The molecule has 0 saturated heterocycles. The minimum Gasteiger partial charge on any atom is -0.350 e. The quantitative estimate of drug-likeness (QED) is 0.226. The SMILES string of the molecule is CCNS(=O)(=O)c1ccc(CCC(=O)N(Cc2ccc(F)cc2)[C@H](C(=O)NCc2ccccc2)c2ccccc2)cc1. The number of halogens is 1. The topological polar surface area (TPSA) is 95.6 Å². The first kappa shape index (κ1) is 30.6. The van der Waals surface area contributed by atoms with Crippen LogP contribution in [0.15, 0.2) is 114 Å². The van der Waals surface area contributed by atoms with Gasteiger partial charge in [0, 0.05) is 26.1 Å². The summed E-state index contributed by atoms with van der Waals surface area (Å²) >= 11 is 0. The Bertz CT molecular complexity index is 1560. The molecule has 0 heterocycles. The summed E-state index contributed by atoms with van der Waals surface area (Å²) in [4.78, 5) is 29.3. The number of hydrogen-bond acceptors (Lipinski definition) is 4. The normalized spacial score (nSPS) is 12.0. The van der Waals surface area contributed by atoms with E-state index in [1.807, 2.05) is 48.5 Å². The highest BCUT2D eigenvalue weighted by molar-refractivity contribution is 7.89. The summed E-state index contributed by atoms with van der Waals surface area (Å²) in [6.45, 7) is 2.38. The van der Waals surface area contributed by atoms with Crippen molar-refractivity contribution < 1.29 is 22.4 Å². The van der Waals surface area contributed by atoms with Crippen LogP contribution in [0, 0.1) is 5.82 Å². The molecule has 0 unspecified atom stereocenters. The molecule has 4 aromatic rings. The van der Waals surface area contributed by atoms with Gasteiger partial charge in [-0.15, -0.1) is 0 Å². The van der Waals surface area contributed by atoms with Crippen LogP contribution < -0.4 is 10.0 Å². The van der Waals surface area contributed by atoms with Crippen LogP contribution in [0.25, 0.3) is 0 Å². The van der Waals surface area contributed by atoms with Crippen molar-refractivity contribution >= 4 is 21.8 Å². The van der Waals surface area contributed by atoms with Gasteiger partial charge in [0.1, 0.15) is 11.9 Å². The molecule has 218 valence electrons. The van der Waals surface area contributed by atoms with Crippen LogP contribution in [0.5, 0.6) is 0 Å². The first-order valence-electron chi connectivity index (χ1n) is 13.8. The van der Waals surface area contributed by atoms with Crippen molar-refractivity contribution in [2.75, 3.05) is 6.54 Å². The summed E-state index contributed by atoms with van der Waals surface area (Å²) in [6.07, 6.45) is 0.420. The second-order valence-electron chi connectivity index (χ2n) is 9.81. The van der Waals surface area contributed by atoms with Crippen LogP contribution in [-0.2, 0) is 39.1 Å². The Hall–Kier alpha value is -4.34. The van der Waals surface area contributed by atoms with Gasteiger partial charge in [0.05, 0.1) is 4.90 Å². The van der Waals surface area contributed by atoms with E-state index >= 15 is 0 Å².